The van der Waals surface area contributed by atoms with E-state index in [1.807, 2.05) is 30.5 Å². The SMILES string of the molecule is Brc1cc(-c2ccc(-c3ccc4c5c6ccccc6c6ccccc6c5n(-c5ccccc5)c4c3)cc2)cc(-c2ncc3ccccc3n2)c1. The number of hydrogen-bond donors (Lipinski definition) is 0. The topological polar surface area (TPSA) is 30.7 Å². The lowest BCUT2D eigenvalue weighted by molar-refractivity contribution is 1.19. The van der Waals surface area contributed by atoms with E-state index in [2.05, 4.69) is 165 Å². The molecule has 0 aliphatic rings. The first-order chi connectivity index (χ1) is 24.7. The second-order valence-corrected chi connectivity index (χ2v) is 13.7. The molecule has 0 aliphatic heterocycles. The van der Waals surface area contributed by atoms with E-state index in [4.69, 9.17) is 4.98 Å². The molecule has 0 aliphatic carbocycles. The number of nitrogens with zero attached hydrogens (tertiary/aromatic N) is 3. The average Bonchev–Trinajstić information content (AvgIpc) is 3.53. The lowest BCUT2D eigenvalue weighted by Crippen LogP contribution is -1.94. The van der Waals surface area contributed by atoms with Crippen LogP contribution in [0.25, 0.3) is 93.6 Å². The van der Waals surface area contributed by atoms with Crippen LogP contribution >= 0.6 is 15.9 Å². The summed E-state index contributed by atoms with van der Waals surface area (Å²) in [5, 5.41) is 8.67. The van der Waals surface area contributed by atoms with Crippen LogP contribution < -0.4 is 0 Å². The van der Waals surface area contributed by atoms with E-state index in [1.54, 1.807) is 0 Å². The Labute approximate surface area is 297 Å². The zero-order valence-corrected chi connectivity index (χ0v) is 28.5. The van der Waals surface area contributed by atoms with Crippen molar-refractivity contribution in [1.29, 1.82) is 0 Å². The van der Waals surface area contributed by atoms with Gasteiger partial charge in [0.15, 0.2) is 5.82 Å². The highest BCUT2D eigenvalue weighted by atomic mass is 79.9. The van der Waals surface area contributed by atoms with Crippen LogP contribution in [0.15, 0.2) is 174 Å². The highest BCUT2D eigenvalue weighted by Gasteiger charge is 2.19. The third-order valence-corrected chi connectivity index (χ3v) is 10.3. The van der Waals surface area contributed by atoms with Crippen LogP contribution in [0.3, 0.4) is 0 Å². The summed E-state index contributed by atoms with van der Waals surface area (Å²) in [7, 11) is 0. The number of aromatic nitrogens is 3. The van der Waals surface area contributed by atoms with Gasteiger partial charge in [-0.2, -0.15) is 0 Å². The molecule has 0 radical (unpaired) electrons. The number of para-hydroxylation sites is 2. The van der Waals surface area contributed by atoms with Crippen molar-refractivity contribution in [3.63, 3.8) is 0 Å². The Morgan fingerprint density at radius 2 is 1.08 bits per heavy atom. The van der Waals surface area contributed by atoms with Crippen molar-refractivity contribution in [2.24, 2.45) is 0 Å². The van der Waals surface area contributed by atoms with Crippen LogP contribution in [0.1, 0.15) is 0 Å². The van der Waals surface area contributed by atoms with Gasteiger partial charge in [-0.1, -0.05) is 137 Å². The molecule has 234 valence electrons. The molecule has 0 saturated carbocycles. The molecule has 8 aromatic carbocycles. The fourth-order valence-electron chi connectivity index (χ4n) is 7.55. The monoisotopic (exact) mass is 701 g/mol. The zero-order chi connectivity index (χ0) is 33.2. The number of benzene rings is 8. The molecule has 0 fully saturated rings. The lowest BCUT2D eigenvalue weighted by Gasteiger charge is -2.12. The number of rotatable bonds is 4. The van der Waals surface area contributed by atoms with E-state index >= 15 is 0 Å². The molecule has 3 nitrogen and oxygen atoms in total. The van der Waals surface area contributed by atoms with Crippen molar-refractivity contribution in [3.8, 4) is 39.3 Å². The van der Waals surface area contributed by atoms with Gasteiger partial charge < -0.3 is 4.57 Å². The molecule has 10 rings (SSSR count). The molecular weight excluding hydrogens is 674 g/mol. The number of fused-ring (bicyclic) bond motifs is 9. The smallest absolute Gasteiger partial charge is 0.159 e. The first kappa shape index (κ1) is 28.9. The van der Waals surface area contributed by atoms with E-state index in [9.17, 15) is 0 Å². The summed E-state index contributed by atoms with van der Waals surface area (Å²) in [4.78, 5) is 9.52. The maximum Gasteiger partial charge on any atom is 0.159 e. The van der Waals surface area contributed by atoms with Gasteiger partial charge in [-0.05, 0) is 80.9 Å². The van der Waals surface area contributed by atoms with Crippen LogP contribution in [0.2, 0.25) is 0 Å². The molecule has 2 heterocycles. The van der Waals surface area contributed by atoms with Gasteiger partial charge in [0.2, 0.25) is 0 Å². The lowest BCUT2D eigenvalue weighted by atomic mass is 9.96. The molecule has 0 atom stereocenters. The Bertz CT molecular complexity index is 2930. The quantitative estimate of drug-likeness (QED) is 0.171. The van der Waals surface area contributed by atoms with Crippen molar-refractivity contribution in [2.45, 2.75) is 0 Å². The Morgan fingerprint density at radius 1 is 0.460 bits per heavy atom. The minimum Gasteiger partial charge on any atom is -0.309 e. The van der Waals surface area contributed by atoms with Crippen LogP contribution in [0, 0.1) is 0 Å². The molecule has 0 amide bonds. The third-order valence-electron chi connectivity index (χ3n) is 9.85. The van der Waals surface area contributed by atoms with Gasteiger partial charge in [-0.3, -0.25) is 0 Å². The summed E-state index contributed by atoms with van der Waals surface area (Å²) in [6.45, 7) is 0. The van der Waals surface area contributed by atoms with E-state index in [0.717, 1.165) is 37.8 Å². The van der Waals surface area contributed by atoms with Crippen molar-refractivity contribution in [2.75, 3.05) is 0 Å². The Kier molecular flexibility index (Phi) is 6.64. The van der Waals surface area contributed by atoms with Crippen molar-refractivity contribution < 1.29 is 0 Å². The van der Waals surface area contributed by atoms with Gasteiger partial charge in [-0.15, -0.1) is 0 Å². The largest absolute Gasteiger partial charge is 0.309 e. The average molecular weight is 703 g/mol. The number of hydrogen-bond acceptors (Lipinski definition) is 2. The summed E-state index contributed by atoms with van der Waals surface area (Å²) in [5.74, 6) is 0.713. The van der Waals surface area contributed by atoms with E-state index in [1.165, 1.54) is 54.5 Å². The van der Waals surface area contributed by atoms with E-state index < -0.39 is 0 Å². The Morgan fingerprint density at radius 3 is 1.88 bits per heavy atom. The van der Waals surface area contributed by atoms with Crippen LogP contribution in [0.5, 0.6) is 0 Å². The van der Waals surface area contributed by atoms with Crippen LogP contribution in [-0.2, 0) is 0 Å². The predicted octanol–water partition coefficient (Wildman–Crippen LogP) is 12.8. The third kappa shape index (κ3) is 4.64. The van der Waals surface area contributed by atoms with E-state index in [-0.39, 0.29) is 0 Å². The normalized spacial score (nSPS) is 11.7. The fourth-order valence-corrected chi connectivity index (χ4v) is 8.05. The van der Waals surface area contributed by atoms with Gasteiger partial charge in [0.25, 0.3) is 0 Å². The molecule has 10 aromatic rings. The van der Waals surface area contributed by atoms with Crippen molar-refractivity contribution >= 4 is 70.2 Å². The summed E-state index contributed by atoms with van der Waals surface area (Å²) < 4.78 is 3.44. The molecule has 0 bridgehead atoms. The molecule has 0 unspecified atom stereocenters. The fraction of sp³-hybridized carbons (Fsp3) is 0. The molecule has 0 saturated heterocycles. The molecular formula is C46H28BrN3. The second kappa shape index (κ2) is 11.5. The molecule has 0 spiro atoms. The Hall–Kier alpha value is -6.10. The van der Waals surface area contributed by atoms with Gasteiger partial charge in [0.1, 0.15) is 0 Å². The number of halogens is 1. The minimum atomic E-state index is 0.713. The van der Waals surface area contributed by atoms with Gasteiger partial charge in [-0.25, -0.2) is 9.97 Å². The predicted molar refractivity (Wildman–Crippen MR) is 213 cm³/mol. The maximum atomic E-state index is 4.84. The summed E-state index contributed by atoms with van der Waals surface area (Å²) >= 11 is 3.74. The minimum absolute atomic E-state index is 0.713. The second-order valence-electron chi connectivity index (χ2n) is 12.8. The van der Waals surface area contributed by atoms with Gasteiger partial charge in [0.05, 0.1) is 16.6 Å². The van der Waals surface area contributed by atoms with Crippen molar-refractivity contribution in [1.82, 2.24) is 14.5 Å². The zero-order valence-electron chi connectivity index (χ0n) is 26.9. The molecule has 4 heteroatoms. The maximum absolute atomic E-state index is 4.84. The highest BCUT2D eigenvalue weighted by Crippen LogP contribution is 2.43. The van der Waals surface area contributed by atoms with Gasteiger partial charge >= 0.3 is 0 Å². The van der Waals surface area contributed by atoms with Gasteiger partial charge in [0, 0.05) is 43.5 Å². The first-order valence-electron chi connectivity index (χ1n) is 16.8. The van der Waals surface area contributed by atoms with E-state index in [0.29, 0.717) is 5.82 Å². The summed E-state index contributed by atoms with van der Waals surface area (Å²) in [5.41, 5.74) is 10.1. The molecule has 2 aromatic heterocycles. The van der Waals surface area contributed by atoms with Crippen LogP contribution in [0.4, 0.5) is 0 Å². The Balaban J connectivity index is 1.12. The summed E-state index contributed by atoms with van der Waals surface area (Å²) in [6, 6.07) is 58.7. The molecule has 0 N–H and O–H groups in total. The van der Waals surface area contributed by atoms with Crippen LogP contribution in [-0.4, -0.2) is 14.5 Å². The first-order valence-corrected chi connectivity index (χ1v) is 17.6. The van der Waals surface area contributed by atoms with Crippen molar-refractivity contribution in [3.05, 3.63) is 174 Å². The highest BCUT2D eigenvalue weighted by molar-refractivity contribution is 9.10. The summed E-state index contributed by atoms with van der Waals surface area (Å²) in [6.07, 6.45) is 1.89. The standard InChI is InChI=1S/C46H28BrN3/c47-35-25-33(24-34(26-35)46-48-28-32-10-4-9-17-42(32)49-46)30-20-18-29(19-21-30)31-22-23-41-43(27-31)50(36-11-2-1-3-12-36)45-40-16-8-6-14-38(40)37-13-5-7-15-39(37)44(41)45/h1-28H. The molecule has 50 heavy (non-hydrogen) atoms.